The highest BCUT2D eigenvalue weighted by atomic mass is 16.4. The van der Waals surface area contributed by atoms with Gasteiger partial charge in [0.25, 0.3) is 0 Å². The second-order valence-electron chi connectivity index (χ2n) is 6.44. The van der Waals surface area contributed by atoms with Crippen molar-refractivity contribution in [2.24, 2.45) is 0 Å². The molecule has 0 fully saturated rings. The third-order valence-electron chi connectivity index (χ3n) is 1.96. The normalized spacial score (nSPS) is 5.85. The molecule has 0 spiro atoms. The zero-order valence-electron chi connectivity index (χ0n) is 23.5. The lowest BCUT2D eigenvalue weighted by atomic mass is 10.5. The number of carbonyl (C=O) groups excluding carboxylic acids is 4. The zero-order chi connectivity index (χ0) is 27.9. The molecular weight excluding hydrogens is 514 g/mol. The van der Waals surface area contributed by atoms with Crippen LogP contribution in [0.15, 0.2) is 0 Å². The Morgan fingerprint density at radius 3 is 0.625 bits per heavy atom. The lowest BCUT2D eigenvalue weighted by Gasteiger charge is -2.02. The number of carbonyl (C=O) groups is 4. The Bertz CT molecular complexity index is 372. The van der Waals surface area contributed by atoms with Gasteiger partial charge in [0.05, 0.1) is 0 Å². The van der Waals surface area contributed by atoms with E-state index in [0.717, 1.165) is 0 Å². The molecule has 11 nitrogen and oxygen atoms in total. The van der Waals surface area contributed by atoms with Gasteiger partial charge in [-0.15, -0.1) is 0 Å². The molecule has 4 amide bonds. The Balaban J connectivity index is -0.0000000137. The Morgan fingerprint density at radius 2 is 0.625 bits per heavy atom. The molecule has 11 heteroatoms. The molecule has 4 N–H and O–H groups in total. The molecular formula is C29H85N5O6. The first kappa shape index (κ1) is 98.5. The number of hydrogen-bond donors (Lipinski definition) is 4. The lowest BCUT2D eigenvalue weighted by Crippen LogP contribution is -2.17. The van der Waals surface area contributed by atoms with Crippen LogP contribution in [0.5, 0.6) is 0 Å². The number of nitrogens with zero attached hydrogens (tertiary/aromatic N) is 2. The van der Waals surface area contributed by atoms with Gasteiger partial charge in [-0.3, -0.25) is 19.2 Å². The van der Waals surface area contributed by atoms with Crippen LogP contribution in [0.25, 0.3) is 0 Å². The van der Waals surface area contributed by atoms with Crippen LogP contribution < -0.4 is 16.0 Å². The zero-order valence-corrected chi connectivity index (χ0v) is 23.5. The van der Waals surface area contributed by atoms with Crippen molar-refractivity contribution in [2.45, 2.75) is 107 Å². The summed E-state index contributed by atoms with van der Waals surface area (Å²) < 4.78 is 4.25. The Hall–Kier alpha value is -2.24. The molecule has 0 aliphatic carbocycles. The molecule has 0 unspecified atom stereocenters. The number of nitrogens with one attached hydrogen (secondary N) is 3. The van der Waals surface area contributed by atoms with Crippen LogP contribution in [0.3, 0.4) is 0 Å². The van der Waals surface area contributed by atoms with Crippen LogP contribution >= 0.6 is 0 Å². The maximum absolute atomic E-state index is 10.1. The first-order valence-electron chi connectivity index (χ1n) is 9.78. The number of aliphatic hydroxyl groups excluding tert-OH is 1. The molecule has 0 rings (SSSR count). The van der Waals surface area contributed by atoms with E-state index in [1.54, 1.807) is 70.4 Å². The van der Waals surface area contributed by atoms with E-state index < -0.39 is 0 Å². The number of methoxy groups -OCH3 is 1. The largest absolute Gasteiger partial charge is 0.394 e. The van der Waals surface area contributed by atoms with Gasteiger partial charge >= 0.3 is 0 Å². The molecule has 0 saturated carbocycles. The molecule has 262 valence electrons. The molecule has 0 radical (unpaired) electrons. The van der Waals surface area contributed by atoms with Gasteiger partial charge in [-0.1, -0.05) is 59.4 Å². The number of aliphatic hydroxyl groups is 1. The van der Waals surface area contributed by atoms with Crippen molar-refractivity contribution >= 4 is 23.6 Å². The maximum Gasteiger partial charge on any atom is 0.218 e. The third-order valence-corrected chi connectivity index (χ3v) is 1.96. The Morgan fingerprint density at radius 1 is 0.575 bits per heavy atom. The first-order valence-corrected chi connectivity index (χ1v) is 9.78. The Labute approximate surface area is 256 Å². The summed E-state index contributed by atoms with van der Waals surface area (Å²) in [6.07, 6.45) is -0.167. The van der Waals surface area contributed by atoms with Crippen molar-refractivity contribution in [3.05, 3.63) is 0 Å². The van der Waals surface area contributed by atoms with E-state index in [0.29, 0.717) is 0 Å². The fraction of sp³-hybridized carbons (Fsp3) is 0.862. The fourth-order valence-corrected chi connectivity index (χ4v) is 0. The average molecular weight is 600 g/mol. The molecule has 0 atom stereocenters. The summed E-state index contributed by atoms with van der Waals surface area (Å²) in [7, 11) is 17.1. The molecule has 0 saturated heterocycles. The molecule has 40 heavy (non-hydrogen) atoms. The lowest BCUT2D eigenvalue weighted by molar-refractivity contribution is -0.127. The summed E-state index contributed by atoms with van der Waals surface area (Å²) in [6.45, 7) is 9.44. The van der Waals surface area contributed by atoms with E-state index in [1.807, 2.05) is 14.1 Å². The van der Waals surface area contributed by atoms with Crippen molar-refractivity contribution in [1.82, 2.24) is 25.8 Å². The minimum absolute atomic E-state index is 0. The molecule has 0 aromatic rings. The highest BCUT2D eigenvalue weighted by Crippen LogP contribution is 1.70. The van der Waals surface area contributed by atoms with Crippen molar-refractivity contribution in [1.29, 1.82) is 0 Å². The number of rotatable bonds is 0. The van der Waals surface area contributed by atoms with Gasteiger partial charge in [0.2, 0.25) is 23.6 Å². The Kier molecular flexibility index (Phi) is 223. The standard InChI is InChI=1S/2C4H9NO.2C3H7NO.C3H8O.C2H7N.C2H6O.8CH4/c2*1-4(6)5(2)3;2*1-3(5)4-2;1-3(2)4;2*1-3-2;;;;;;;;/h2*1-3H3;2*1-2H3,(H,4,5);3-4H,1-2H3;3H,1-2H3;1-2H3;8*1H4. The van der Waals surface area contributed by atoms with E-state index in [1.165, 1.54) is 37.5 Å². The summed E-state index contributed by atoms with van der Waals surface area (Å²) in [4.78, 5) is 42.6. The number of hydrogen-bond acceptors (Lipinski definition) is 7. The highest BCUT2D eigenvalue weighted by molar-refractivity contribution is 5.73. The molecule has 0 aliphatic rings. The second-order valence-corrected chi connectivity index (χ2v) is 6.44. The summed E-state index contributed by atoms with van der Waals surface area (Å²) in [5, 5.41) is 15.6. The van der Waals surface area contributed by atoms with Crippen LogP contribution in [0.1, 0.15) is 101 Å². The van der Waals surface area contributed by atoms with E-state index >= 15 is 0 Å². The van der Waals surface area contributed by atoms with Crippen LogP contribution in [0.2, 0.25) is 0 Å². The van der Waals surface area contributed by atoms with Crippen molar-refractivity contribution in [3.63, 3.8) is 0 Å². The van der Waals surface area contributed by atoms with E-state index in [2.05, 4.69) is 20.7 Å². The predicted octanol–water partition coefficient (Wildman–Crippen LogP) is 5.27. The van der Waals surface area contributed by atoms with E-state index in [9.17, 15) is 19.2 Å². The molecule has 0 aliphatic heterocycles. The van der Waals surface area contributed by atoms with Crippen molar-refractivity contribution in [2.75, 3.05) is 70.6 Å². The third kappa shape index (κ3) is 454. The maximum atomic E-state index is 10.1. The van der Waals surface area contributed by atoms with Crippen LogP contribution in [-0.2, 0) is 23.9 Å². The summed E-state index contributed by atoms with van der Waals surface area (Å²) in [5.41, 5.74) is 0. The van der Waals surface area contributed by atoms with Gasteiger partial charge in [0.15, 0.2) is 0 Å². The van der Waals surface area contributed by atoms with Gasteiger partial charge in [-0.2, -0.15) is 0 Å². The van der Waals surface area contributed by atoms with Crippen LogP contribution in [0, 0.1) is 0 Å². The fourth-order valence-electron chi connectivity index (χ4n) is 0. The van der Waals surface area contributed by atoms with Crippen molar-refractivity contribution in [3.8, 4) is 0 Å². The monoisotopic (exact) mass is 600 g/mol. The van der Waals surface area contributed by atoms with Gasteiger partial charge in [-0.05, 0) is 27.9 Å². The quantitative estimate of drug-likeness (QED) is 0.297. The van der Waals surface area contributed by atoms with Gasteiger partial charge in [0.1, 0.15) is 0 Å². The van der Waals surface area contributed by atoms with E-state index in [-0.39, 0.29) is 89.1 Å². The van der Waals surface area contributed by atoms with Crippen LogP contribution in [-0.4, -0.2) is 115 Å². The van der Waals surface area contributed by atoms with Gasteiger partial charge < -0.3 is 35.6 Å². The molecule has 0 heterocycles. The molecule has 0 aromatic heterocycles. The van der Waals surface area contributed by atoms with Crippen LogP contribution in [0.4, 0.5) is 0 Å². The van der Waals surface area contributed by atoms with Crippen molar-refractivity contribution < 1.29 is 29.0 Å². The SMILES string of the molecule is C.C.C.C.C.C.C.C.CC(=O)N(C)C.CC(=O)N(C)C.CC(C)O.CNC.CNC(C)=O.CNC(C)=O.COC. The number of amides is 4. The van der Waals surface area contributed by atoms with Gasteiger partial charge in [-0.25, -0.2) is 0 Å². The minimum atomic E-state index is -0.167. The topological polar surface area (TPSA) is 140 Å². The summed E-state index contributed by atoms with van der Waals surface area (Å²) in [6, 6.07) is 0. The van der Waals surface area contributed by atoms with Gasteiger partial charge in [0, 0.05) is 90.3 Å². The minimum Gasteiger partial charge on any atom is -0.394 e. The van der Waals surface area contributed by atoms with E-state index in [4.69, 9.17) is 5.11 Å². The number of ether oxygens (including phenoxy) is 1. The second kappa shape index (κ2) is 90.7. The average Bonchev–Trinajstić information content (AvgIpc) is 2.63. The summed E-state index contributed by atoms with van der Waals surface area (Å²) >= 11 is 0. The predicted molar refractivity (Wildman–Crippen MR) is 187 cm³/mol. The smallest absolute Gasteiger partial charge is 0.218 e. The summed E-state index contributed by atoms with van der Waals surface area (Å²) in [5.74, 6) is 0.194. The highest BCUT2D eigenvalue weighted by Gasteiger charge is 1.88. The molecule has 0 bridgehead atoms. The first-order chi connectivity index (χ1) is 14.4. The molecule has 0 aromatic carbocycles.